The highest BCUT2D eigenvalue weighted by Crippen LogP contribution is 2.59. The Bertz CT molecular complexity index is 1280. The van der Waals surface area contributed by atoms with Gasteiger partial charge in [-0.05, 0) is 81.0 Å². The lowest BCUT2D eigenvalue weighted by atomic mass is 9.54. The van der Waals surface area contributed by atoms with Crippen LogP contribution in [0.25, 0.3) is 11.3 Å². The molecule has 1 atom stereocenters. The molecule has 1 amide bonds. The average Bonchev–Trinajstić information content (AvgIpc) is 3.25. The van der Waals surface area contributed by atoms with Crippen molar-refractivity contribution < 1.29 is 18.0 Å². The van der Waals surface area contributed by atoms with Gasteiger partial charge in [0.05, 0.1) is 22.7 Å². The molecule has 9 heteroatoms. The van der Waals surface area contributed by atoms with Crippen molar-refractivity contribution in [1.82, 2.24) is 15.0 Å². The van der Waals surface area contributed by atoms with Gasteiger partial charge in [-0.3, -0.25) is 4.79 Å². The van der Waals surface area contributed by atoms with Gasteiger partial charge >= 0.3 is 6.18 Å². The Morgan fingerprint density at radius 2 is 1.75 bits per heavy atom. The summed E-state index contributed by atoms with van der Waals surface area (Å²) in [5.74, 6) is -0.762. The molecule has 190 valence electrons. The second-order valence-electron chi connectivity index (χ2n) is 10.4. The molecule has 3 aromatic rings. The van der Waals surface area contributed by atoms with E-state index in [-0.39, 0.29) is 28.1 Å². The van der Waals surface area contributed by atoms with Gasteiger partial charge in [0.1, 0.15) is 5.69 Å². The predicted molar refractivity (Wildman–Crippen MR) is 131 cm³/mol. The average molecular weight is 517 g/mol. The third-order valence-corrected chi connectivity index (χ3v) is 8.66. The van der Waals surface area contributed by atoms with E-state index in [1.54, 1.807) is 19.1 Å². The van der Waals surface area contributed by atoms with Crippen LogP contribution in [-0.2, 0) is 16.5 Å². The summed E-state index contributed by atoms with van der Waals surface area (Å²) in [6.45, 7) is 1.80. The summed E-state index contributed by atoms with van der Waals surface area (Å²) in [6.07, 6.45) is 1.37. The van der Waals surface area contributed by atoms with Crippen molar-refractivity contribution in [1.29, 1.82) is 0 Å². The van der Waals surface area contributed by atoms with Crippen LogP contribution in [0.5, 0.6) is 0 Å². The zero-order valence-electron chi connectivity index (χ0n) is 20.0. The molecule has 1 unspecified atom stereocenters. The molecular weight excluding hydrogens is 489 g/mol. The number of carbonyl (C=O) groups excluding carboxylic acids is 1. The normalized spacial score (nSPS) is 24.6. The Morgan fingerprint density at radius 1 is 1.08 bits per heavy atom. The molecule has 5 nitrogen and oxygen atoms in total. The molecule has 2 N–H and O–H groups in total. The number of benzene rings is 2. The number of alkyl halides is 3. The number of hydrogen-bond acceptors (Lipinski definition) is 3. The van der Waals surface area contributed by atoms with Gasteiger partial charge in [-0.2, -0.15) is 13.2 Å². The number of carbonyl (C=O) groups is 1. The van der Waals surface area contributed by atoms with E-state index < -0.39 is 17.7 Å². The second-order valence-corrected chi connectivity index (χ2v) is 10.9. The van der Waals surface area contributed by atoms with E-state index in [9.17, 15) is 18.0 Å². The van der Waals surface area contributed by atoms with E-state index in [2.05, 4.69) is 10.3 Å². The fourth-order valence-electron chi connectivity index (χ4n) is 6.37. The number of nitrogens with zero attached hydrogens (tertiary/aromatic N) is 3. The van der Waals surface area contributed by atoms with Crippen LogP contribution in [-0.4, -0.2) is 20.9 Å². The number of primary amides is 1. The van der Waals surface area contributed by atoms with Crippen LogP contribution >= 0.6 is 11.6 Å². The lowest BCUT2D eigenvalue weighted by molar-refractivity contribution is -0.137. The maximum Gasteiger partial charge on any atom is 0.417 e. The summed E-state index contributed by atoms with van der Waals surface area (Å²) >= 11 is 6.16. The van der Waals surface area contributed by atoms with Crippen molar-refractivity contribution in [3.63, 3.8) is 0 Å². The van der Waals surface area contributed by atoms with E-state index in [4.69, 9.17) is 17.3 Å². The van der Waals surface area contributed by atoms with E-state index in [0.717, 1.165) is 50.2 Å². The van der Waals surface area contributed by atoms with Crippen LogP contribution < -0.4 is 5.73 Å². The number of amides is 1. The lowest BCUT2D eigenvalue weighted by Crippen LogP contribution is -2.49. The molecule has 0 aliphatic heterocycles. The molecule has 0 saturated heterocycles. The van der Waals surface area contributed by atoms with E-state index in [1.807, 2.05) is 22.9 Å². The Hall–Kier alpha value is -2.87. The first-order valence-electron chi connectivity index (χ1n) is 12.2. The number of halogens is 4. The summed E-state index contributed by atoms with van der Waals surface area (Å²) < 4.78 is 42.7. The number of fused-ring (bicyclic) bond motifs is 3. The Labute approximate surface area is 212 Å². The smallest absolute Gasteiger partial charge is 0.369 e. The Morgan fingerprint density at radius 3 is 2.36 bits per heavy atom. The molecule has 0 spiro atoms. The molecule has 3 aliphatic carbocycles. The van der Waals surface area contributed by atoms with Crippen LogP contribution in [0.4, 0.5) is 13.2 Å². The van der Waals surface area contributed by atoms with Crippen molar-refractivity contribution in [3.8, 4) is 11.3 Å². The molecule has 3 fully saturated rings. The molecule has 2 bridgehead atoms. The molecule has 1 aromatic heterocycles. The van der Waals surface area contributed by atoms with Gasteiger partial charge < -0.3 is 5.73 Å². The van der Waals surface area contributed by atoms with Gasteiger partial charge in [0, 0.05) is 10.6 Å². The highest BCUT2D eigenvalue weighted by Gasteiger charge is 2.52. The minimum Gasteiger partial charge on any atom is -0.369 e. The van der Waals surface area contributed by atoms with Gasteiger partial charge in [-0.1, -0.05) is 47.1 Å². The van der Waals surface area contributed by atoms with E-state index in [0.29, 0.717) is 17.1 Å². The summed E-state index contributed by atoms with van der Waals surface area (Å²) in [6, 6.07) is 12.8. The third kappa shape index (κ3) is 4.29. The highest BCUT2D eigenvalue weighted by molar-refractivity contribution is 6.30. The topological polar surface area (TPSA) is 73.8 Å². The first-order chi connectivity index (χ1) is 17.0. The fraction of sp³-hybridized carbons (Fsp3) is 0.444. The summed E-state index contributed by atoms with van der Waals surface area (Å²) in [7, 11) is 0. The molecule has 1 heterocycles. The maximum absolute atomic E-state index is 13.6. The number of rotatable bonds is 6. The van der Waals surface area contributed by atoms with Gasteiger partial charge in [-0.15, -0.1) is 5.10 Å². The molecule has 36 heavy (non-hydrogen) atoms. The van der Waals surface area contributed by atoms with Crippen molar-refractivity contribution >= 4 is 17.5 Å². The zero-order valence-corrected chi connectivity index (χ0v) is 20.7. The van der Waals surface area contributed by atoms with Crippen LogP contribution in [0, 0.1) is 12.3 Å². The highest BCUT2D eigenvalue weighted by atomic mass is 35.5. The van der Waals surface area contributed by atoms with Crippen molar-refractivity contribution in [2.75, 3.05) is 0 Å². The van der Waals surface area contributed by atoms with Crippen LogP contribution in [0.3, 0.4) is 0 Å². The molecule has 0 radical (unpaired) electrons. The van der Waals surface area contributed by atoms with Crippen molar-refractivity contribution in [2.24, 2.45) is 11.1 Å². The quantitative estimate of drug-likeness (QED) is 0.399. The molecular formula is C27H28ClF3N4O. The lowest BCUT2D eigenvalue weighted by Gasteiger charge is -2.54. The van der Waals surface area contributed by atoms with E-state index >= 15 is 0 Å². The summed E-state index contributed by atoms with van der Waals surface area (Å²) in [5, 5.41) is 9.18. The summed E-state index contributed by atoms with van der Waals surface area (Å²) in [5.41, 5.74) is 6.64. The van der Waals surface area contributed by atoms with Gasteiger partial charge in [0.25, 0.3) is 0 Å². The van der Waals surface area contributed by atoms with Crippen molar-refractivity contribution in [2.45, 2.75) is 69.5 Å². The molecule has 3 aliphatic rings. The van der Waals surface area contributed by atoms with Crippen LogP contribution in [0.2, 0.25) is 5.02 Å². The van der Waals surface area contributed by atoms with Gasteiger partial charge in [-0.25, -0.2) is 4.68 Å². The third-order valence-electron chi connectivity index (χ3n) is 8.43. The van der Waals surface area contributed by atoms with Gasteiger partial charge in [0.2, 0.25) is 5.91 Å². The summed E-state index contributed by atoms with van der Waals surface area (Å²) in [4.78, 5) is 12.4. The first-order valence-corrected chi connectivity index (χ1v) is 12.6. The largest absolute Gasteiger partial charge is 0.417 e. The van der Waals surface area contributed by atoms with Crippen LogP contribution in [0.15, 0.2) is 48.5 Å². The Kier molecular flexibility index (Phi) is 6.14. The molecule has 3 saturated carbocycles. The number of aromatic nitrogens is 3. The SMILES string of the molecule is Cc1c(-c2ccccc2C(F)(F)F)nnn1C12CCC(CC(C(N)=O)c3cccc(Cl)c3)(CC1)CC2. The van der Waals surface area contributed by atoms with E-state index in [1.165, 1.54) is 12.1 Å². The van der Waals surface area contributed by atoms with Crippen molar-refractivity contribution in [3.05, 3.63) is 70.4 Å². The zero-order chi connectivity index (χ0) is 25.7. The molecule has 2 aromatic carbocycles. The number of nitrogens with two attached hydrogens (primary N) is 1. The molecule has 6 rings (SSSR count). The minimum absolute atomic E-state index is 0.00996. The monoisotopic (exact) mass is 516 g/mol. The van der Waals surface area contributed by atoms with Gasteiger partial charge in [0.15, 0.2) is 0 Å². The number of hydrogen-bond donors (Lipinski definition) is 1. The van der Waals surface area contributed by atoms with Crippen LogP contribution in [0.1, 0.15) is 67.7 Å². The predicted octanol–water partition coefficient (Wildman–Crippen LogP) is 6.63. The maximum atomic E-state index is 13.6. The standard InChI is InChI=1S/C27H28ClF3N4O/c1-17-23(20-7-2-3-8-22(20)27(29,30)31)33-34-35(17)26-12-9-25(10-13-26,11-14-26)16-21(24(32)36)18-5-4-6-19(28)15-18/h2-8,15,21H,9-14,16H2,1H3,(H2,32,36). The Balaban J connectivity index is 1.39. The fourth-order valence-corrected chi connectivity index (χ4v) is 6.57. The minimum atomic E-state index is -4.47. The first kappa shape index (κ1) is 24.8. The second kappa shape index (κ2) is 8.91.